The zero-order valence-corrected chi connectivity index (χ0v) is 19.4. The molecule has 172 valence electrons. The molecule has 3 heterocycles. The minimum absolute atomic E-state index is 0.412. The van der Waals surface area contributed by atoms with Crippen LogP contribution in [0.25, 0.3) is 22.4 Å². The number of benzene rings is 2. The molecule has 0 amide bonds. The van der Waals surface area contributed by atoms with Gasteiger partial charge in [-0.2, -0.15) is 0 Å². The van der Waals surface area contributed by atoms with Gasteiger partial charge in [0.2, 0.25) is 0 Å². The standard InChI is InChI=1S/C25H21N3O5S/c1-30-18-6-3-5-16(11-18)24-26-27-25(28(24)14-20-7-4-10-32-20)34-15-17-12-23(29)33-22-13-19(31-2)8-9-21(17)22/h3-13H,14-15H2,1-2H3. The molecular formula is C25H21N3O5S. The molecule has 0 unspecified atom stereocenters. The third kappa shape index (κ3) is 4.42. The second-order valence-corrected chi connectivity index (χ2v) is 8.39. The summed E-state index contributed by atoms with van der Waals surface area (Å²) < 4.78 is 23.6. The molecule has 0 N–H and O–H groups in total. The molecule has 0 spiro atoms. The maximum absolute atomic E-state index is 12.2. The highest BCUT2D eigenvalue weighted by atomic mass is 32.2. The highest BCUT2D eigenvalue weighted by molar-refractivity contribution is 7.98. The van der Waals surface area contributed by atoms with Gasteiger partial charge < -0.3 is 18.3 Å². The number of fused-ring (bicyclic) bond motifs is 1. The molecule has 0 radical (unpaired) electrons. The van der Waals surface area contributed by atoms with Crippen molar-refractivity contribution >= 4 is 22.7 Å². The Morgan fingerprint density at radius 1 is 0.971 bits per heavy atom. The Morgan fingerprint density at radius 2 is 1.82 bits per heavy atom. The van der Waals surface area contributed by atoms with Gasteiger partial charge in [0, 0.05) is 28.8 Å². The van der Waals surface area contributed by atoms with E-state index < -0.39 is 5.63 Å². The Bertz CT molecular complexity index is 1490. The zero-order chi connectivity index (χ0) is 23.5. The highest BCUT2D eigenvalue weighted by Gasteiger charge is 2.17. The van der Waals surface area contributed by atoms with Gasteiger partial charge in [-0.05, 0) is 42.0 Å². The fraction of sp³-hybridized carbons (Fsp3) is 0.160. The van der Waals surface area contributed by atoms with Crippen molar-refractivity contribution in [3.05, 3.63) is 88.7 Å². The number of furan rings is 1. The molecule has 0 aliphatic rings. The summed E-state index contributed by atoms with van der Waals surface area (Å²) in [5.74, 6) is 3.34. The third-order valence-corrected chi connectivity index (χ3v) is 6.35. The average Bonchev–Trinajstić information content (AvgIpc) is 3.52. The van der Waals surface area contributed by atoms with E-state index in [2.05, 4.69) is 10.2 Å². The van der Waals surface area contributed by atoms with Crippen LogP contribution >= 0.6 is 11.8 Å². The van der Waals surface area contributed by atoms with Gasteiger partial charge in [0.1, 0.15) is 22.8 Å². The largest absolute Gasteiger partial charge is 0.497 e. The molecule has 0 bridgehead atoms. The molecule has 9 heteroatoms. The number of hydrogen-bond donors (Lipinski definition) is 0. The first-order valence-electron chi connectivity index (χ1n) is 10.5. The van der Waals surface area contributed by atoms with Crippen molar-refractivity contribution in [1.82, 2.24) is 14.8 Å². The molecule has 5 rings (SSSR count). The van der Waals surface area contributed by atoms with E-state index in [1.165, 1.54) is 17.8 Å². The van der Waals surface area contributed by atoms with E-state index in [4.69, 9.17) is 18.3 Å². The molecule has 0 fully saturated rings. The van der Waals surface area contributed by atoms with Gasteiger partial charge in [0.05, 0.1) is 27.0 Å². The smallest absolute Gasteiger partial charge is 0.336 e. The molecule has 2 aromatic carbocycles. The SMILES string of the molecule is COc1cccc(-c2nnc(SCc3cc(=O)oc4cc(OC)ccc34)n2Cc2ccco2)c1. The lowest BCUT2D eigenvalue weighted by molar-refractivity contribution is 0.414. The second kappa shape index (κ2) is 9.48. The van der Waals surface area contributed by atoms with E-state index in [0.717, 1.165) is 28.0 Å². The molecule has 8 nitrogen and oxygen atoms in total. The Kier molecular flexibility index (Phi) is 6.09. The van der Waals surface area contributed by atoms with Gasteiger partial charge in [0.15, 0.2) is 11.0 Å². The lowest BCUT2D eigenvalue weighted by Crippen LogP contribution is -2.04. The quantitative estimate of drug-likeness (QED) is 0.229. The van der Waals surface area contributed by atoms with E-state index in [-0.39, 0.29) is 0 Å². The van der Waals surface area contributed by atoms with Crippen molar-refractivity contribution in [2.75, 3.05) is 14.2 Å². The number of methoxy groups -OCH3 is 2. The minimum Gasteiger partial charge on any atom is -0.497 e. The molecule has 34 heavy (non-hydrogen) atoms. The number of nitrogens with zero attached hydrogens (tertiary/aromatic N) is 3. The van der Waals surface area contributed by atoms with E-state index in [1.54, 1.807) is 26.5 Å². The van der Waals surface area contributed by atoms with E-state index in [0.29, 0.717) is 34.6 Å². The van der Waals surface area contributed by atoms with Gasteiger partial charge >= 0.3 is 5.63 Å². The topological polar surface area (TPSA) is 92.5 Å². The first-order valence-corrected chi connectivity index (χ1v) is 11.5. The van der Waals surface area contributed by atoms with Crippen LogP contribution in [-0.4, -0.2) is 29.0 Å². The summed E-state index contributed by atoms with van der Waals surface area (Å²) in [4.78, 5) is 12.2. The predicted octanol–water partition coefficient (Wildman–Crippen LogP) is 5.00. The first kappa shape index (κ1) is 21.8. The molecule has 0 atom stereocenters. The summed E-state index contributed by atoms with van der Waals surface area (Å²) in [6.45, 7) is 0.462. The van der Waals surface area contributed by atoms with Gasteiger partial charge in [-0.3, -0.25) is 4.57 Å². The van der Waals surface area contributed by atoms with Crippen molar-refractivity contribution in [3.8, 4) is 22.9 Å². The summed E-state index contributed by atoms with van der Waals surface area (Å²) in [5, 5.41) is 10.4. The minimum atomic E-state index is -0.412. The Hall–Kier alpha value is -3.98. The Balaban J connectivity index is 1.50. The Morgan fingerprint density at radius 3 is 2.62 bits per heavy atom. The molecular weight excluding hydrogens is 454 g/mol. The maximum atomic E-state index is 12.2. The lowest BCUT2D eigenvalue weighted by Gasteiger charge is -2.10. The van der Waals surface area contributed by atoms with Crippen LogP contribution in [0.4, 0.5) is 0 Å². The molecule has 3 aromatic heterocycles. The second-order valence-electron chi connectivity index (χ2n) is 7.45. The van der Waals surface area contributed by atoms with E-state index >= 15 is 0 Å². The van der Waals surface area contributed by atoms with Crippen LogP contribution in [0, 0.1) is 0 Å². The summed E-state index contributed by atoms with van der Waals surface area (Å²) in [6.07, 6.45) is 1.64. The van der Waals surface area contributed by atoms with Crippen LogP contribution in [-0.2, 0) is 12.3 Å². The lowest BCUT2D eigenvalue weighted by atomic mass is 10.1. The molecule has 0 saturated carbocycles. The number of rotatable bonds is 8. The normalized spacial score (nSPS) is 11.1. The van der Waals surface area contributed by atoms with Crippen LogP contribution in [0.15, 0.2) is 85.7 Å². The van der Waals surface area contributed by atoms with Crippen molar-refractivity contribution < 1.29 is 18.3 Å². The maximum Gasteiger partial charge on any atom is 0.336 e. The number of ether oxygens (including phenoxy) is 2. The van der Waals surface area contributed by atoms with Crippen LogP contribution < -0.4 is 15.1 Å². The third-order valence-electron chi connectivity index (χ3n) is 5.33. The summed E-state index contributed by atoms with van der Waals surface area (Å²) in [6, 6.07) is 18.4. The number of aromatic nitrogens is 3. The van der Waals surface area contributed by atoms with Crippen LogP contribution in [0.5, 0.6) is 11.5 Å². The van der Waals surface area contributed by atoms with Crippen molar-refractivity contribution in [1.29, 1.82) is 0 Å². The van der Waals surface area contributed by atoms with E-state index in [9.17, 15) is 4.79 Å². The fourth-order valence-electron chi connectivity index (χ4n) is 3.67. The molecule has 0 aliphatic heterocycles. The van der Waals surface area contributed by atoms with Crippen LogP contribution in [0.2, 0.25) is 0 Å². The van der Waals surface area contributed by atoms with Crippen LogP contribution in [0.1, 0.15) is 11.3 Å². The van der Waals surface area contributed by atoms with Gasteiger partial charge in [0.25, 0.3) is 0 Å². The van der Waals surface area contributed by atoms with Crippen molar-refractivity contribution in [2.45, 2.75) is 17.5 Å². The summed E-state index contributed by atoms with van der Waals surface area (Å²) in [5.41, 5.74) is 1.79. The van der Waals surface area contributed by atoms with Crippen molar-refractivity contribution in [2.24, 2.45) is 0 Å². The monoisotopic (exact) mass is 475 g/mol. The van der Waals surface area contributed by atoms with E-state index in [1.807, 2.05) is 53.1 Å². The highest BCUT2D eigenvalue weighted by Crippen LogP contribution is 2.31. The Labute approximate surface area is 199 Å². The van der Waals surface area contributed by atoms with Crippen LogP contribution in [0.3, 0.4) is 0 Å². The molecule has 0 saturated heterocycles. The van der Waals surface area contributed by atoms with Gasteiger partial charge in [-0.25, -0.2) is 4.79 Å². The zero-order valence-electron chi connectivity index (χ0n) is 18.6. The summed E-state index contributed by atoms with van der Waals surface area (Å²) >= 11 is 1.49. The van der Waals surface area contributed by atoms with Crippen molar-refractivity contribution in [3.63, 3.8) is 0 Å². The number of hydrogen-bond acceptors (Lipinski definition) is 8. The predicted molar refractivity (Wildman–Crippen MR) is 128 cm³/mol. The summed E-state index contributed by atoms with van der Waals surface area (Å²) in [7, 11) is 3.20. The molecule has 0 aliphatic carbocycles. The first-order chi connectivity index (χ1) is 16.6. The molecule has 5 aromatic rings. The fourth-order valence-corrected chi connectivity index (χ4v) is 4.60. The van der Waals surface area contributed by atoms with Gasteiger partial charge in [-0.1, -0.05) is 23.9 Å². The van der Waals surface area contributed by atoms with Gasteiger partial charge in [-0.15, -0.1) is 10.2 Å². The average molecular weight is 476 g/mol. The number of thioether (sulfide) groups is 1.